The molecule has 36 heavy (non-hydrogen) atoms. The maximum Gasteiger partial charge on any atom is 0.472 e. The largest absolute Gasteiger partial charge is 0.472 e. The van der Waals surface area contributed by atoms with E-state index in [9.17, 15) is 9.46 Å². The van der Waals surface area contributed by atoms with E-state index in [1.165, 1.54) is 107 Å². The molecule has 0 aromatic heterocycles. The quantitative estimate of drug-likeness (QED) is 0.102. The molecular formula is C31H57O4P. The number of benzene rings is 1. The molecule has 0 aliphatic rings. The number of unbranched alkanes of at least 4 members (excludes halogenated alkanes) is 14. The average Bonchev–Trinajstić information content (AvgIpc) is 2.86. The third kappa shape index (κ3) is 17.7. The summed E-state index contributed by atoms with van der Waals surface area (Å²) in [5, 5.41) is 0. The van der Waals surface area contributed by atoms with Gasteiger partial charge >= 0.3 is 7.82 Å². The van der Waals surface area contributed by atoms with Crippen molar-refractivity contribution in [2.45, 2.75) is 149 Å². The highest BCUT2D eigenvalue weighted by molar-refractivity contribution is 7.47. The molecule has 1 aromatic carbocycles. The van der Waals surface area contributed by atoms with Crippen LogP contribution < -0.4 is 0 Å². The topological polar surface area (TPSA) is 55.8 Å². The number of phosphoric ester groups is 1. The Morgan fingerprint density at radius 3 is 1.67 bits per heavy atom. The summed E-state index contributed by atoms with van der Waals surface area (Å²) in [7, 11) is -3.95. The SMILES string of the molecule is CCCCCCCCCCCCOP(=O)(O)OCCCC(CCCCCCCC)c1ccccc1C. The standard InChI is InChI=1S/C31H57O4P/c1-4-6-8-10-12-13-14-15-17-21-27-34-36(32,33)35-28-22-25-30(24-18-16-11-9-7-5-2)31-26-20-19-23-29(31)3/h19-20,23,26,30H,4-18,21-22,24-25,27-28H2,1-3H3,(H,32,33). The van der Waals surface area contributed by atoms with Crippen LogP contribution in [0.5, 0.6) is 0 Å². The van der Waals surface area contributed by atoms with Crippen LogP contribution in [0, 0.1) is 6.92 Å². The molecule has 0 amide bonds. The van der Waals surface area contributed by atoms with Crippen molar-refractivity contribution in [2.24, 2.45) is 0 Å². The van der Waals surface area contributed by atoms with Crippen LogP contribution in [0.1, 0.15) is 153 Å². The molecule has 5 heteroatoms. The van der Waals surface area contributed by atoms with Gasteiger partial charge in [0.1, 0.15) is 0 Å². The van der Waals surface area contributed by atoms with Crippen molar-refractivity contribution >= 4 is 7.82 Å². The maximum atomic E-state index is 12.3. The third-order valence-corrected chi connectivity index (χ3v) is 8.26. The summed E-state index contributed by atoms with van der Waals surface area (Å²) in [5.74, 6) is 0.478. The summed E-state index contributed by atoms with van der Waals surface area (Å²) in [6.07, 6.45) is 23.0. The minimum Gasteiger partial charge on any atom is -0.302 e. The third-order valence-electron chi connectivity index (χ3n) is 7.24. The van der Waals surface area contributed by atoms with Crippen LogP contribution in [0.15, 0.2) is 24.3 Å². The number of aryl methyl sites for hydroxylation is 1. The number of hydrogen-bond acceptors (Lipinski definition) is 3. The van der Waals surface area contributed by atoms with Crippen LogP contribution in [0.2, 0.25) is 0 Å². The molecule has 0 fully saturated rings. The van der Waals surface area contributed by atoms with Crippen LogP contribution in [0.4, 0.5) is 0 Å². The Kier molecular flexibility index (Phi) is 20.7. The van der Waals surface area contributed by atoms with Gasteiger partial charge in [0.15, 0.2) is 0 Å². The maximum absolute atomic E-state index is 12.3. The molecule has 0 bridgehead atoms. The lowest BCUT2D eigenvalue weighted by molar-refractivity contribution is 0.144. The summed E-state index contributed by atoms with van der Waals surface area (Å²) < 4.78 is 22.8. The van der Waals surface area contributed by atoms with Gasteiger partial charge in [0.2, 0.25) is 0 Å². The first-order valence-corrected chi connectivity index (χ1v) is 16.7. The molecule has 210 valence electrons. The molecule has 0 heterocycles. The minimum atomic E-state index is -3.95. The van der Waals surface area contributed by atoms with Crippen LogP contribution in [-0.4, -0.2) is 18.1 Å². The summed E-state index contributed by atoms with van der Waals surface area (Å²) in [5.41, 5.74) is 2.75. The number of rotatable bonds is 25. The van der Waals surface area contributed by atoms with Gasteiger partial charge in [-0.1, -0.05) is 134 Å². The van der Waals surface area contributed by atoms with E-state index in [0.29, 0.717) is 12.5 Å². The Balaban J connectivity index is 2.22. The Morgan fingerprint density at radius 1 is 0.667 bits per heavy atom. The molecule has 0 aliphatic carbocycles. The van der Waals surface area contributed by atoms with Crippen LogP contribution in [0.3, 0.4) is 0 Å². The molecule has 1 aromatic rings. The summed E-state index contributed by atoms with van der Waals surface area (Å²) >= 11 is 0. The fraction of sp³-hybridized carbons (Fsp3) is 0.806. The van der Waals surface area contributed by atoms with Crippen LogP contribution in [0.25, 0.3) is 0 Å². The van der Waals surface area contributed by atoms with Crippen molar-refractivity contribution in [3.05, 3.63) is 35.4 Å². The highest BCUT2D eigenvalue weighted by Crippen LogP contribution is 2.43. The van der Waals surface area contributed by atoms with Crippen LogP contribution in [-0.2, 0) is 13.6 Å². The Labute approximate surface area is 223 Å². The Hall–Kier alpha value is -0.670. The van der Waals surface area contributed by atoms with Crippen molar-refractivity contribution in [2.75, 3.05) is 13.2 Å². The van der Waals surface area contributed by atoms with E-state index in [1.807, 2.05) is 0 Å². The smallest absolute Gasteiger partial charge is 0.302 e. The molecule has 4 nitrogen and oxygen atoms in total. The first kappa shape index (κ1) is 33.4. The summed E-state index contributed by atoms with van der Waals surface area (Å²) in [6, 6.07) is 8.64. The fourth-order valence-electron chi connectivity index (χ4n) is 4.99. The zero-order chi connectivity index (χ0) is 26.3. The van der Waals surface area contributed by atoms with Gasteiger partial charge in [-0.25, -0.2) is 4.57 Å². The molecule has 0 saturated heterocycles. The van der Waals surface area contributed by atoms with E-state index < -0.39 is 7.82 Å². The van der Waals surface area contributed by atoms with E-state index in [2.05, 4.69) is 45.0 Å². The zero-order valence-electron chi connectivity index (χ0n) is 23.9. The van der Waals surface area contributed by atoms with Gasteiger partial charge in [-0.2, -0.15) is 0 Å². The second kappa shape index (κ2) is 22.3. The van der Waals surface area contributed by atoms with Crippen molar-refractivity contribution in [1.29, 1.82) is 0 Å². The Bertz CT molecular complexity index is 678. The number of hydrogen-bond donors (Lipinski definition) is 1. The average molecular weight is 525 g/mol. The second-order valence-corrected chi connectivity index (χ2v) is 12.0. The van der Waals surface area contributed by atoms with Crippen molar-refractivity contribution in [3.63, 3.8) is 0 Å². The van der Waals surface area contributed by atoms with Gasteiger partial charge in [-0.15, -0.1) is 0 Å². The zero-order valence-corrected chi connectivity index (χ0v) is 24.7. The van der Waals surface area contributed by atoms with E-state index in [0.717, 1.165) is 25.7 Å². The van der Waals surface area contributed by atoms with Crippen LogP contribution >= 0.6 is 7.82 Å². The molecule has 0 spiro atoms. The lowest BCUT2D eigenvalue weighted by atomic mass is 9.86. The van der Waals surface area contributed by atoms with E-state index >= 15 is 0 Å². The molecule has 1 rings (SSSR count). The molecular weight excluding hydrogens is 467 g/mol. The predicted octanol–water partition coefficient (Wildman–Crippen LogP) is 10.7. The van der Waals surface area contributed by atoms with E-state index in [-0.39, 0.29) is 6.61 Å². The first-order chi connectivity index (χ1) is 17.5. The van der Waals surface area contributed by atoms with Crippen molar-refractivity contribution in [1.82, 2.24) is 0 Å². The molecule has 0 aliphatic heterocycles. The fourth-order valence-corrected chi connectivity index (χ4v) is 5.78. The number of phosphoric acid groups is 1. The molecule has 2 unspecified atom stereocenters. The van der Waals surface area contributed by atoms with Gasteiger partial charge in [0, 0.05) is 0 Å². The molecule has 1 N–H and O–H groups in total. The van der Waals surface area contributed by atoms with Gasteiger partial charge in [0.05, 0.1) is 13.2 Å². The van der Waals surface area contributed by atoms with Gasteiger partial charge in [-0.05, 0) is 49.7 Å². The lowest BCUT2D eigenvalue weighted by Gasteiger charge is -2.20. The Morgan fingerprint density at radius 2 is 1.11 bits per heavy atom. The predicted molar refractivity (Wildman–Crippen MR) is 155 cm³/mol. The molecule has 0 saturated carbocycles. The minimum absolute atomic E-state index is 0.269. The monoisotopic (exact) mass is 524 g/mol. The van der Waals surface area contributed by atoms with Gasteiger partial charge in [-0.3, -0.25) is 9.05 Å². The normalized spacial score (nSPS) is 14.1. The summed E-state index contributed by atoms with van der Waals surface area (Å²) in [6.45, 7) is 7.26. The van der Waals surface area contributed by atoms with Gasteiger partial charge in [0.25, 0.3) is 0 Å². The lowest BCUT2D eigenvalue weighted by Crippen LogP contribution is -2.05. The van der Waals surface area contributed by atoms with Crippen molar-refractivity contribution in [3.8, 4) is 0 Å². The van der Waals surface area contributed by atoms with Crippen molar-refractivity contribution < 1.29 is 18.5 Å². The highest BCUT2D eigenvalue weighted by Gasteiger charge is 2.21. The van der Waals surface area contributed by atoms with E-state index in [4.69, 9.17) is 9.05 Å². The highest BCUT2D eigenvalue weighted by atomic mass is 31.2. The molecule has 0 radical (unpaired) electrons. The van der Waals surface area contributed by atoms with E-state index in [1.54, 1.807) is 0 Å². The second-order valence-electron chi connectivity index (χ2n) is 10.6. The van der Waals surface area contributed by atoms with Gasteiger partial charge < -0.3 is 4.89 Å². The first-order valence-electron chi connectivity index (χ1n) is 15.2. The summed E-state index contributed by atoms with van der Waals surface area (Å²) in [4.78, 5) is 10.0. The molecule has 2 atom stereocenters.